The minimum atomic E-state index is -2.57. The second-order valence-corrected chi connectivity index (χ2v) is 14.2. The summed E-state index contributed by atoms with van der Waals surface area (Å²) < 4.78 is 16.9. The average Bonchev–Trinajstić information content (AvgIpc) is 3.05. The van der Waals surface area contributed by atoms with Crippen LogP contribution in [0.2, 0.25) is 0 Å². The van der Waals surface area contributed by atoms with Gasteiger partial charge in [-0.15, -0.1) is 0 Å². The van der Waals surface area contributed by atoms with E-state index in [2.05, 4.69) is 94.6 Å². The quantitative estimate of drug-likeness (QED) is 0.115. The molecule has 0 N–H and O–H groups in total. The molecular formula is C38H61BrN4OS. The van der Waals surface area contributed by atoms with Crippen LogP contribution in [0, 0.1) is 5.92 Å². The van der Waals surface area contributed by atoms with E-state index >= 15 is 0 Å². The van der Waals surface area contributed by atoms with E-state index in [0.717, 1.165) is 72.4 Å². The fourth-order valence-corrected chi connectivity index (χ4v) is 6.49. The molecule has 1 aromatic carbocycles. The Kier molecular flexibility index (Phi) is 22.7. The molecule has 7 heteroatoms. The summed E-state index contributed by atoms with van der Waals surface area (Å²) in [5.74, 6) is 4.40. The van der Waals surface area contributed by atoms with Crippen LogP contribution in [-0.4, -0.2) is 59.2 Å². The van der Waals surface area contributed by atoms with E-state index in [9.17, 15) is 4.21 Å². The van der Waals surface area contributed by atoms with E-state index in [1.165, 1.54) is 22.3 Å². The van der Waals surface area contributed by atoms with Crippen molar-refractivity contribution in [3.63, 3.8) is 0 Å². The molecule has 252 valence electrons. The number of hydrogen-bond donors (Lipinski definition) is 0. The molecule has 0 aliphatic carbocycles. The summed E-state index contributed by atoms with van der Waals surface area (Å²) in [5, 5.41) is 0. The van der Waals surface area contributed by atoms with Gasteiger partial charge in [-0.2, -0.15) is 0 Å². The molecule has 0 aromatic heterocycles. The largest absolute Gasteiger partial charge is 0.296 e. The first-order valence-corrected chi connectivity index (χ1v) is 19.0. The summed E-state index contributed by atoms with van der Waals surface area (Å²) in [6.45, 7) is 24.8. The maximum Gasteiger partial charge on any atom is 0.0565 e. The molecule has 1 aliphatic rings. The highest BCUT2D eigenvalue weighted by Gasteiger charge is 2.28. The van der Waals surface area contributed by atoms with Crippen molar-refractivity contribution in [3.8, 4) is 0 Å². The molecule has 1 saturated heterocycles. The maximum absolute atomic E-state index is 13.9. The van der Waals surface area contributed by atoms with E-state index in [4.69, 9.17) is 4.99 Å². The molecule has 0 radical (unpaired) electrons. The van der Waals surface area contributed by atoms with Crippen LogP contribution in [0.15, 0.2) is 89.8 Å². The molecule has 0 amide bonds. The molecule has 5 nitrogen and oxygen atoms in total. The van der Waals surface area contributed by atoms with Crippen molar-refractivity contribution in [1.29, 1.82) is 0 Å². The molecule has 2 unspecified atom stereocenters. The Morgan fingerprint density at radius 1 is 1.09 bits per heavy atom. The lowest BCUT2D eigenvalue weighted by atomic mass is 9.93. The third-order valence-electron chi connectivity index (χ3n) is 7.32. The van der Waals surface area contributed by atoms with Crippen molar-refractivity contribution in [2.45, 2.75) is 106 Å². The van der Waals surface area contributed by atoms with Gasteiger partial charge in [-0.05, 0) is 124 Å². The van der Waals surface area contributed by atoms with Gasteiger partial charge in [-0.3, -0.25) is 15.0 Å². The van der Waals surface area contributed by atoms with Gasteiger partial charge in [0.1, 0.15) is 0 Å². The summed E-state index contributed by atoms with van der Waals surface area (Å²) in [4.78, 5) is 14.0. The Hall–Kier alpha value is -2.35. The van der Waals surface area contributed by atoms with Gasteiger partial charge < -0.3 is 0 Å². The molecule has 0 spiro atoms. The van der Waals surface area contributed by atoms with Gasteiger partial charge in [0, 0.05) is 55.6 Å². The zero-order valence-electron chi connectivity index (χ0n) is 30.0. The highest BCUT2D eigenvalue weighted by atomic mass is 79.9. The molecule has 0 bridgehead atoms. The van der Waals surface area contributed by atoms with Crippen molar-refractivity contribution in [3.05, 3.63) is 75.5 Å². The highest BCUT2D eigenvalue weighted by molar-refractivity contribution is 9.12. The van der Waals surface area contributed by atoms with Gasteiger partial charge in [-0.1, -0.05) is 63.6 Å². The standard InChI is InChI=1S/C29H42BrN3OS.C7H13N.C2H6/c1-8-23(5)12-13-25-14-16-27(17-15-25)35(7,34)33-18-10-11-26(21-33)29(19-22(3)4)32-24(6)28(30)20-31-9-2;1-4-7(5-2)6-8-3;1-2/h14-17,19-20,26H,5,7-13,18,21H2,1-4,6H3;4,6H,5H2,1-3H3;1-2H3/b28-24-,31-20?,32-29?;7-4-,8-6?;. The summed E-state index contributed by atoms with van der Waals surface area (Å²) >= 11 is 3.60. The molecule has 1 aliphatic heterocycles. The first-order valence-electron chi connectivity index (χ1n) is 16.5. The van der Waals surface area contributed by atoms with Crippen LogP contribution in [0.4, 0.5) is 0 Å². The van der Waals surface area contributed by atoms with Crippen molar-refractivity contribution in [1.82, 2.24) is 4.31 Å². The van der Waals surface area contributed by atoms with Crippen LogP contribution < -0.4 is 0 Å². The van der Waals surface area contributed by atoms with E-state index < -0.39 is 9.71 Å². The number of aliphatic imine (C=N–C) groups is 3. The van der Waals surface area contributed by atoms with Crippen LogP contribution in [0.1, 0.15) is 100.0 Å². The zero-order valence-corrected chi connectivity index (χ0v) is 32.4. The van der Waals surface area contributed by atoms with Crippen molar-refractivity contribution >= 4 is 49.6 Å². The summed E-state index contributed by atoms with van der Waals surface area (Å²) in [6, 6.07) is 8.16. The molecule has 1 aromatic rings. The van der Waals surface area contributed by atoms with Gasteiger partial charge >= 0.3 is 0 Å². The van der Waals surface area contributed by atoms with Gasteiger partial charge in [0.25, 0.3) is 0 Å². The van der Waals surface area contributed by atoms with Crippen molar-refractivity contribution < 1.29 is 4.21 Å². The number of benzene rings is 1. The Bertz CT molecular complexity index is 1310. The lowest BCUT2D eigenvalue weighted by molar-refractivity contribution is 0.325. The van der Waals surface area contributed by atoms with Crippen molar-refractivity contribution in [2.24, 2.45) is 20.9 Å². The van der Waals surface area contributed by atoms with Gasteiger partial charge in [0.2, 0.25) is 0 Å². The lowest BCUT2D eigenvalue weighted by Gasteiger charge is -2.35. The number of aryl methyl sites for hydroxylation is 1. The minimum Gasteiger partial charge on any atom is -0.296 e. The minimum absolute atomic E-state index is 0.193. The monoisotopic (exact) mass is 700 g/mol. The summed E-state index contributed by atoms with van der Waals surface area (Å²) in [6.07, 6.45) is 14.0. The summed E-state index contributed by atoms with van der Waals surface area (Å²) in [7, 11) is -0.778. The van der Waals surface area contributed by atoms with Crippen LogP contribution in [0.25, 0.3) is 0 Å². The summed E-state index contributed by atoms with van der Waals surface area (Å²) in [5.41, 5.74) is 6.92. The first kappa shape index (κ1) is 42.6. The Morgan fingerprint density at radius 3 is 2.22 bits per heavy atom. The van der Waals surface area contributed by atoms with Gasteiger partial charge in [0.05, 0.1) is 19.9 Å². The molecule has 2 rings (SSSR count). The molecule has 1 heterocycles. The van der Waals surface area contributed by atoms with Gasteiger partial charge in [0.15, 0.2) is 0 Å². The molecule has 0 saturated carbocycles. The van der Waals surface area contributed by atoms with Crippen LogP contribution >= 0.6 is 15.9 Å². The predicted octanol–water partition coefficient (Wildman–Crippen LogP) is 10.5. The SMILES string of the molecule is C/C=C(\C=NC)CC.C=C(CC)CCc1ccc(S(=C)(=O)N2CCCC(C(C=C(C)C)=N/C(C)=C(\Br)C=NCC)C2)cc1.CC. The van der Waals surface area contributed by atoms with E-state index in [0.29, 0.717) is 6.54 Å². The normalized spacial score (nSPS) is 17.9. The number of hydrogen-bond acceptors (Lipinski definition) is 4. The molecule has 1 fully saturated rings. The fourth-order valence-electron chi connectivity index (χ4n) is 4.55. The number of nitrogens with zero attached hydrogens (tertiary/aromatic N) is 4. The number of piperidine rings is 1. The lowest BCUT2D eigenvalue weighted by Crippen LogP contribution is -2.42. The second-order valence-electron chi connectivity index (χ2n) is 11.0. The van der Waals surface area contributed by atoms with Crippen LogP contribution in [0.3, 0.4) is 0 Å². The fraction of sp³-hybridized carbons (Fsp3) is 0.526. The topological polar surface area (TPSA) is 57.4 Å². The van der Waals surface area contributed by atoms with Crippen LogP contribution in [-0.2, 0) is 16.1 Å². The third kappa shape index (κ3) is 16.2. The number of halogens is 1. The van der Waals surface area contributed by atoms with Gasteiger partial charge in [-0.25, -0.2) is 8.51 Å². The number of allylic oxidation sites excluding steroid dienone is 7. The van der Waals surface area contributed by atoms with E-state index in [1.54, 1.807) is 7.05 Å². The third-order valence-corrected chi connectivity index (χ3v) is 10.3. The molecular weight excluding hydrogens is 640 g/mol. The zero-order chi connectivity index (χ0) is 34.4. The molecule has 2 atom stereocenters. The Morgan fingerprint density at radius 2 is 1.73 bits per heavy atom. The van der Waals surface area contributed by atoms with E-state index in [-0.39, 0.29) is 5.92 Å². The Balaban J connectivity index is 0.00000168. The average molecular weight is 702 g/mol. The Labute approximate surface area is 285 Å². The van der Waals surface area contributed by atoms with E-state index in [1.807, 2.05) is 59.2 Å². The predicted molar refractivity (Wildman–Crippen MR) is 209 cm³/mol. The van der Waals surface area contributed by atoms with Crippen LogP contribution in [0.5, 0.6) is 0 Å². The number of rotatable bonds is 13. The maximum atomic E-state index is 13.9. The van der Waals surface area contributed by atoms with Crippen molar-refractivity contribution in [2.75, 3.05) is 26.7 Å². The second kappa shape index (κ2) is 23.9. The molecule has 45 heavy (non-hydrogen) atoms. The smallest absolute Gasteiger partial charge is 0.0565 e. The highest BCUT2D eigenvalue weighted by Crippen LogP contribution is 2.27. The first-order chi connectivity index (χ1) is 21.4.